The van der Waals surface area contributed by atoms with Gasteiger partial charge in [0.1, 0.15) is 0 Å². The van der Waals surface area contributed by atoms with Crippen LogP contribution in [0.4, 0.5) is 5.69 Å². The Kier molecular flexibility index (Phi) is 5.55. The average Bonchev–Trinajstić information content (AvgIpc) is 2.55. The molecule has 2 rings (SSSR count). The summed E-state index contributed by atoms with van der Waals surface area (Å²) in [4.78, 5) is 12.1. The van der Waals surface area contributed by atoms with Gasteiger partial charge in [0, 0.05) is 31.2 Å². The summed E-state index contributed by atoms with van der Waals surface area (Å²) in [6.07, 6.45) is 2.85. The highest BCUT2D eigenvalue weighted by Crippen LogP contribution is 2.23. The van der Waals surface area contributed by atoms with Gasteiger partial charge in [-0.15, -0.1) is 0 Å². The molecule has 0 saturated carbocycles. The first kappa shape index (κ1) is 16.9. The molecule has 1 fully saturated rings. The zero-order valence-corrected chi connectivity index (χ0v) is 13.6. The zero-order chi connectivity index (χ0) is 16.2. The summed E-state index contributed by atoms with van der Waals surface area (Å²) < 4.78 is 26.7. The Labute approximate surface area is 131 Å². The SMILES string of the molecule is CC(CN)C(=O)Nc1cccc(S(=O)(=O)N2CCCCC2)c1. The molecule has 0 radical (unpaired) electrons. The number of nitrogens with two attached hydrogens (primary N) is 1. The van der Waals surface area contributed by atoms with Gasteiger partial charge < -0.3 is 11.1 Å². The highest BCUT2D eigenvalue weighted by molar-refractivity contribution is 7.89. The van der Waals surface area contributed by atoms with Gasteiger partial charge in [0.15, 0.2) is 0 Å². The molecule has 0 aliphatic carbocycles. The van der Waals surface area contributed by atoms with Crippen molar-refractivity contribution in [2.75, 3.05) is 25.0 Å². The lowest BCUT2D eigenvalue weighted by Crippen LogP contribution is -2.35. The first-order valence-electron chi connectivity index (χ1n) is 7.56. The monoisotopic (exact) mass is 325 g/mol. The molecule has 7 heteroatoms. The van der Waals surface area contributed by atoms with Crippen molar-refractivity contribution < 1.29 is 13.2 Å². The van der Waals surface area contributed by atoms with Gasteiger partial charge in [-0.3, -0.25) is 4.79 Å². The molecule has 1 aliphatic heterocycles. The fraction of sp³-hybridized carbons (Fsp3) is 0.533. The number of hydrogen-bond acceptors (Lipinski definition) is 4. The van der Waals surface area contributed by atoms with Gasteiger partial charge in [-0.2, -0.15) is 4.31 Å². The fourth-order valence-electron chi connectivity index (χ4n) is 2.36. The van der Waals surface area contributed by atoms with E-state index in [-0.39, 0.29) is 23.3 Å². The second-order valence-electron chi connectivity index (χ2n) is 5.62. The van der Waals surface area contributed by atoms with Crippen molar-refractivity contribution in [3.63, 3.8) is 0 Å². The Hall–Kier alpha value is -1.44. The molecule has 1 aromatic rings. The molecular weight excluding hydrogens is 302 g/mol. The standard InChI is InChI=1S/C15H23N3O3S/c1-12(11-16)15(19)17-13-6-5-7-14(10-13)22(20,21)18-8-3-2-4-9-18/h5-7,10,12H,2-4,8-9,11,16H2,1H3,(H,17,19). The summed E-state index contributed by atoms with van der Waals surface area (Å²) in [6, 6.07) is 6.38. The highest BCUT2D eigenvalue weighted by atomic mass is 32.2. The van der Waals surface area contributed by atoms with Gasteiger partial charge in [0.05, 0.1) is 4.90 Å². The molecule has 0 aromatic heterocycles. The molecular formula is C15H23N3O3S. The van der Waals surface area contributed by atoms with Crippen LogP contribution in [0.5, 0.6) is 0 Å². The van der Waals surface area contributed by atoms with Crippen molar-refractivity contribution in [3.05, 3.63) is 24.3 Å². The van der Waals surface area contributed by atoms with E-state index in [1.165, 1.54) is 10.4 Å². The molecule has 1 aromatic carbocycles. The predicted octanol–water partition coefficient (Wildman–Crippen LogP) is 1.39. The summed E-state index contributed by atoms with van der Waals surface area (Å²) in [5.74, 6) is -0.530. The van der Waals surface area contributed by atoms with Gasteiger partial charge in [0.25, 0.3) is 0 Å². The molecule has 1 heterocycles. The molecule has 1 unspecified atom stereocenters. The minimum Gasteiger partial charge on any atom is -0.330 e. The van der Waals surface area contributed by atoms with E-state index in [1.807, 2.05) is 0 Å². The van der Waals surface area contributed by atoms with Crippen LogP contribution in [0.15, 0.2) is 29.2 Å². The number of nitrogens with zero attached hydrogens (tertiary/aromatic N) is 1. The Balaban J connectivity index is 2.18. The van der Waals surface area contributed by atoms with Gasteiger partial charge in [-0.25, -0.2) is 8.42 Å². The van der Waals surface area contributed by atoms with E-state index >= 15 is 0 Å². The van der Waals surface area contributed by atoms with Crippen molar-refractivity contribution in [1.82, 2.24) is 4.31 Å². The minimum atomic E-state index is -3.49. The number of piperidine rings is 1. The summed E-state index contributed by atoms with van der Waals surface area (Å²) in [5.41, 5.74) is 5.94. The van der Waals surface area contributed by atoms with Crippen LogP contribution < -0.4 is 11.1 Å². The lowest BCUT2D eigenvalue weighted by atomic mass is 10.1. The molecule has 3 N–H and O–H groups in total. The zero-order valence-electron chi connectivity index (χ0n) is 12.8. The molecule has 1 saturated heterocycles. The summed E-state index contributed by atoms with van der Waals surface area (Å²) in [6.45, 7) is 3.09. The van der Waals surface area contributed by atoms with Crippen LogP contribution in [0.3, 0.4) is 0 Å². The molecule has 122 valence electrons. The highest BCUT2D eigenvalue weighted by Gasteiger charge is 2.26. The maximum absolute atomic E-state index is 12.6. The fourth-order valence-corrected chi connectivity index (χ4v) is 3.92. The third-order valence-electron chi connectivity index (χ3n) is 3.86. The van der Waals surface area contributed by atoms with E-state index in [2.05, 4.69) is 5.32 Å². The first-order chi connectivity index (χ1) is 10.4. The molecule has 1 atom stereocenters. The van der Waals surface area contributed by atoms with E-state index in [9.17, 15) is 13.2 Å². The van der Waals surface area contributed by atoms with E-state index in [0.29, 0.717) is 18.8 Å². The van der Waals surface area contributed by atoms with Crippen molar-refractivity contribution >= 4 is 21.6 Å². The summed E-state index contributed by atoms with van der Waals surface area (Å²) in [7, 11) is -3.49. The third kappa shape index (κ3) is 3.85. The van der Waals surface area contributed by atoms with Gasteiger partial charge in [-0.1, -0.05) is 19.4 Å². The maximum atomic E-state index is 12.6. The second kappa shape index (κ2) is 7.21. The molecule has 0 spiro atoms. The molecule has 6 nitrogen and oxygen atoms in total. The van der Waals surface area contributed by atoms with E-state index < -0.39 is 10.0 Å². The average molecular weight is 325 g/mol. The quantitative estimate of drug-likeness (QED) is 0.856. The number of hydrogen-bond donors (Lipinski definition) is 2. The number of carbonyl (C=O) groups excluding carboxylic acids is 1. The number of benzene rings is 1. The lowest BCUT2D eigenvalue weighted by Gasteiger charge is -2.26. The van der Waals surface area contributed by atoms with Gasteiger partial charge >= 0.3 is 0 Å². The number of carbonyl (C=O) groups is 1. The van der Waals surface area contributed by atoms with Crippen molar-refractivity contribution in [2.24, 2.45) is 11.7 Å². The molecule has 0 bridgehead atoms. The number of nitrogens with one attached hydrogen (secondary N) is 1. The Morgan fingerprint density at radius 1 is 1.32 bits per heavy atom. The van der Waals surface area contributed by atoms with E-state index in [1.54, 1.807) is 25.1 Å². The topological polar surface area (TPSA) is 92.5 Å². The van der Waals surface area contributed by atoms with E-state index in [4.69, 9.17) is 5.73 Å². The van der Waals surface area contributed by atoms with Crippen molar-refractivity contribution in [1.29, 1.82) is 0 Å². The van der Waals surface area contributed by atoms with Crippen LogP contribution >= 0.6 is 0 Å². The molecule has 22 heavy (non-hydrogen) atoms. The lowest BCUT2D eigenvalue weighted by molar-refractivity contribution is -0.119. The van der Waals surface area contributed by atoms with Crippen LogP contribution in [-0.4, -0.2) is 38.3 Å². The van der Waals surface area contributed by atoms with Crippen LogP contribution in [-0.2, 0) is 14.8 Å². The number of sulfonamides is 1. The Morgan fingerprint density at radius 2 is 2.00 bits per heavy atom. The van der Waals surface area contributed by atoms with Gasteiger partial charge in [0.2, 0.25) is 15.9 Å². The van der Waals surface area contributed by atoms with Crippen LogP contribution in [0.2, 0.25) is 0 Å². The Bertz CT molecular complexity index is 625. The number of anilines is 1. The second-order valence-corrected chi connectivity index (χ2v) is 7.56. The Morgan fingerprint density at radius 3 is 2.64 bits per heavy atom. The number of amides is 1. The van der Waals surface area contributed by atoms with E-state index in [0.717, 1.165) is 19.3 Å². The third-order valence-corrected chi connectivity index (χ3v) is 5.75. The molecule has 1 amide bonds. The minimum absolute atomic E-state index is 0.213. The van der Waals surface area contributed by atoms with Gasteiger partial charge in [-0.05, 0) is 31.0 Å². The predicted molar refractivity (Wildman–Crippen MR) is 85.9 cm³/mol. The number of rotatable bonds is 5. The normalized spacial score (nSPS) is 17.9. The van der Waals surface area contributed by atoms with Crippen LogP contribution in [0.25, 0.3) is 0 Å². The van der Waals surface area contributed by atoms with Crippen LogP contribution in [0, 0.1) is 5.92 Å². The maximum Gasteiger partial charge on any atom is 0.243 e. The summed E-state index contributed by atoms with van der Waals surface area (Å²) in [5, 5.41) is 2.71. The summed E-state index contributed by atoms with van der Waals surface area (Å²) >= 11 is 0. The largest absolute Gasteiger partial charge is 0.330 e. The first-order valence-corrected chi connectivity index (χ1v) is 9.00. The van der Waals surface area contributed by atoms with Crippen molar-refractivity contribution in [3.8, 4) is 0 Å². The van der Waals surface area contributed by atoms with Crippen molar-refractivity contribution in [2.45, 2.75) is 31.1 Å². The van der Waals surface area contributed by atoms with Crippen LogP contribution in [0.1, 0.15) is 26.2 Å². The molecule has 1 aliphatic rings. The smallest absolute Gasteiger partial charge is 0.243 e.